The van der Waals surface area contributed by atoms with E-state index in [-0.39, 0.29) is 0 Å². The maximum Gasteiger partial charge on any atom is 0.129 e. The van der Waals surface area contributed by atoms with Crippen molar-refractivity contribution >= 4 is 5.82 Å². The fourth-order valence-corrected chi connectivity index (χ4v) is 2.37. The minimum absolute atomic E-state index is 0.744. The number of hydrogen-bond donors (Lipinski definition) is 1. The van der Waals surface area contributed by atoms with Crippen LogP contribution in [0.2, 0.25) is 0 Å². The molecule has 1 aliphatic carbocycles. The van der Waals surface area contributed by atoms with E-state index in [9.17, 15) is 0 Å². The van der Waals surface area contributed by atoms with Gasteiger partial charge in [-0.05, 0) is 50.9 Å². The lowest BCUT2D eigenvalue weighted by Gasteiger charge is -2.24. The molecule has 0 aliphatic heterocycles. The van der Waals surface area contributed by atoms with Gasteiger partial charge in [0.1, 0.15) is 5.82 Å². The lowest BCUT2D eigenvalue weighted by atomic mass is 10.2. The summed E-state index contributed by atoms with van der Waals surface area (Å²) in [6.07, 6.45) is 5.17. The van der Waals surface area contributed by atoms with E-state index >= 15 is 0 Å². The van der Waals surface area contributed by atoms with E-state index in [1.54, 1.807) is 0 Å². The molecule has 0 amide bonds. The molecule has 0 saturated heterocycles. The minimum Gasteiger partial charge on any atom is -0.354 e. The van der Waals surface area contributed by atoms with Crippen LogP contribution in [0, 0.1) is 6.92 Å². The first-order chi connectivity index (χ1) is 8.74. The van der Waals surface area contributed by atoms with Crippen molar-refractivity contribution in [3.8, 4) is 0 Å². The Bertz CT molecular complexity index is 385. The standard InChI is InChI=1S/C15H25N3/c1-4-5-8-18(14-6-7-14)15-10-13(11-16-3)9-12(2)17-15/h9-10,14,16H,4-8,11H2,1-3H3. The monoisotopic (exact) mass is 247 g/mol. The molecule has 3 heteroatoms. The number of anilines is 1. The predicted octanol–water partition coefficient (Wildman–Crippen LogP) is 2.88. The van der Waals surface area contributed by atoms with Crippen LogP contribution in [-0.2, 0) is 6.54 Å². The molecule has 1 fully saturated rings. The smallest absolute Gasteiger partial charge is 0.129 e. The SMILES string of the molecule is CCCCN(c1cc(CNC)cc(C)n1)C1CC1. The Kier molecular flexibility index (Phi) is 4.59. The highest BCUT2D eigenvalue weighted by molar-refractivity contribution is 5.45. The number of hydrogen-bond acceptors (Lipinski definition) is 3. The zero-order valence-electron chi connectivity index (χ0n) is 11.9. The number of aromatic nitrogens is 1. The van der Waals surface area contributed by atoms with E-state index in [0.717, 1.165) is 24.8 Å². The van der Waals surface area contributed by atoms with Crippen LogP contribution in [0.25, 0.3) is 0 Å². The van der Waals surface area contributed by atoms with Gasteiger partial charge in [-0.1, -0.05) is 13.3 Å². The van der Waals surface area contributed by atoms with Gasteiger partial charge in [-0.25, -0.2) is 4.98 Å². The second-order valence-electron chi connectivity index (χ2n) is 5.28. The molecule has 0 bridgehead atoms. The molecule has 18 heavy (non-hydrogen) atoms. The third-order valence-corrected chi connectivity index (χ3v) is 3.42. The zero-order valence-corrected chi connectivity index (χ0v) is 11.9. The molecule has 3 nitrogen and oxygen atoms in total. The first-order valence-corrected chi connectivity index (χ1v) is 7.13. The Morgan fingerprint density at radius 1 is 1.39 bits per heavy atom. The van der Waals surface area contributed by atoms with E-state index in [1.807, 2.05) is 7.05 Å². The number of unbranched alkanes of at least 4 members (excludes halogenated alkanes) is 1. The Balaban J connectivity index is 2.17. The summed E-state index contributed by atoms with van der Waals surface area (Å²) in [6.45, 7) is 6.41. The number of nitrogens with zero attached hydrogens (tertiary/aromatic N) is 2. The van der Waals surface area contributed by atoms with Crippen LogP contribution in [0.1, 0.15) is 43.9 Å². The molecule has 1 saturated carbocycles. The van der Waals surface area contributed by atoms with Crippen LogP contribution in [-0.4, -0.2) is 24.6 Å². The fourth-order valence-electron chi connectivity index (χ4n) is 2.37. The fraction of sp³-hybridized carbons (Fsp3) is 0.667. The van der Waals surface area contributed by atoms with Crippen molar-refractivity contribution in [1.29, 1.82) is 0 Å². The van der Waals surface area contributed by atoms with Crippen molar-refractivity contribution in [1.82, 2.24) is 10.3 Å². The lowest BCUT2D eigenvalue weighted by molar-refractivity contribution is 0.701. The predicted molar refractivity (Wildman–Crippen MR) is 77.0 cm³/mol. The van der Waals surface area contributed by atoms with Crippen molar-refractivity contribution in [2.45, 2.75) is 52.1 Å². The summed E-state index contributed by atoms with van der Waals surface area (Å²) in [5.41, 5.74) is 2.46. The molecule has 0 aromatic carbocycles. The third kappa shape index (κ3) is 3.45. The second kappa shape index (κ2) is 6.19. The highest BCUT2D eigenvalue weighted by Crippen LogP contribution is 2.31. The highest BCUT2D eigenvalue weighted by Gasteiger charge is 2.29. The third-order valence-electron chi connectivity index (χ3n) is 3.42. The van der Waals surface area contributed by atoms with E-state index in [1.165, 1.54) is 37.1 Å². The van der Waals surface area contributed by atoms with E-state index in [2.05, 4.69) is 36.2 Å². The molecule has 0 atom stereocenters. The van der Waals surface area contributed by atoms with Gasteiger partial charge in [0.15, 0.2) is 0 Å². The molecule has 1 aromatic rings. The molecular weight excluding hydrogens is 222 g/mol. The van der Waals surface area contributed by atoms with Gasteiger partial charge in [0.25, 0.3) is 0 Å². The quantitative estimate of drug-likeness (QED) is 0.803. The summed E-state index contributed by atoms with van der Waals surface area (Å²) in [7, 11) is 1.99. The molecule has 100 valence electrons. The van der Waals surface area contributed by atoms with Gasteiger partial charge in [0, 0.05) is 24.8 Å². The molecule has 1 aliphatic rings. The Morgan fingerprint density at radius 3 is 2.78 bits per heavy atom. The maximum absolute atomic E-state index is 4.73. The normalized spacial score (nSPS) is 14.8. The van der Waals surface area contributed by atoms with Gasteiger partial charge < -0.3 is 10.2 Å². The molecule has 1 N–H and O–H groups in total. The van der Waals surface area contributed by atoms with Crippen molar-refractivity contribution < 1.29 is 0 Å². The van der Waals surface area contributed by atoms with Gasteiger partial charge in [-0.2, -0.15) is 0 Å². The highest BCUT2D eigenvalue weighted by atomic mass is 15.2. The van der Waals surface area contributed by atoms with Crippen LogP contribution >= 0.6 is 0 Å². The van der Waals surface area contributed by atoms with Crippen molar-refractivity contribution in [2.24, 2.45) is 0 Å². The Hall–Kier alpha value is -1.09. The largest absolute Gasteiger partial charge is 0.354 e. The molecule has 0 unspecified atom stereocenters. The van der Waals surface area contributed by atoms with Crippen LogP contribution in [0.5, 0.6) is 0 Å². The molecule has 2 rings (SSSR count). The van der Waals surface area contributed by atoms with E-state index < -0.39 is 0 Å². The summed E-state index contributed by atoms with van der Waals surface area (Å²) in [4.78, 5) is 7.24. The topological polar surface area (TPSA) is 28.2 Å². The van der Waals surface area contributed by atoms with E-state index in [4.69, 9.17) is 4.98 Å². The van der Waals surface area contributed by atoms with Gasteiger partial charge >= 0.3 is 0 Å². The van der Waals surface area contributed by atoms with Crippen LogP contribution in [0.15, 0.2) is 12.1 Å². The molecular formula is C15H25N3. The van der Waals surface area contributed by atoms with Crippen LogP contribution in [0.4, 0.5) is 5.82 Å². The summed E-state index contributed by atoms with van der Waals surface area (Å²) in [6, 6.07) is 5.16. The first-order valence-electron chi connectivity index (χ1n) is 7.13. The molecule has 1 heterocycles. The van der Waals surface area contributed by atoms with E-state index in [0.29, 0.717) is 0 Å². The average molecular weight is 247 g/mol. The summed E-state index contributed by atoms with van der Waals surface area (Å²) >= 11 is 0. The summed E-state index contributed by atoms with van der Waals surface area (Å²) in [5.74, 6) is 1.18. The average Bonchev–Trinajstić information content (AvgIpc) is 3.14. The zero-order chi connectivity index (χ0) is 13.0. The molecule has 0 radical (unpaired) electrons. The van der Waals surface area contributed by atoms with Gasteiger partial charge in [-0.3, -0.25) is 0 Å². The maximum atomic E-state index is 4.73. The lowest BCUT2D eigenvalue weighted by Crippen LogP contribution is -2.28. The van der Waals surface area contributed by atoms with Crippen LogP contribution in [0.3, 0.4) is 0 Å². The van der Waals surface area contributed by atoms with Crippen molar-refractivity contribution in [3.63, 3.8) is 0 Å². The summed E-state index contributed by atoms with van der Waals surface area (Å²) < 4.78 is 0. The number of nitrogens with one attached hydrogen (secondary N) is 1. The summed E-state index contributed by atoms with van der Waals surface area (Å²) in [5, 5.41) is 3.22. The molecule has 1 aromatic heterocycles. The van der Waals surface area contributed by atoms with Crippen molar-refractivity contribution in [3.05, 3.63) is 23.4 Å². The molecule has 0 spiro atoms. The number of pyridine rings is 1. The van der Waals surface area contributed by atoms with Gasteiger partial charge in [-0.15, -0.1) is 0 Å². The van der Waals surface area contributed by atoms with Crippen molar-refractivity contribution in [2.75, 3.05) is 18.5 Å². The first kappa shape index (κ1) is 13.3. The minimum atomic E-state index is 0.744. The second-order valence-corrected chi connectivity index (χ2v) is 5.28. The Labute approximate surface area is 111 Å². The Morgan fingerprint density at radius 2 is 2.17 bits per heavy atom. The van der Waals surface area contributed by atoms with Gasteiger partial charge in [0.05, 0.1) is 0 Å². The van der Waals surface area contributed by atoms with Gasteiger partial charge in [0.2, 0.25) is 0 Å². The van der Waals surface area contributed by atoms with Crippen LogP contribution < -0.4 is 10.2 Å². The number of aryl methyl sites for hydroxylation is 1. The number of rotatable bonds is 7.